The van der Waals surface area contributed by atoms with Crippen molar-refractivity contribution >= 4 is 35.6 Å². The Kier molecular flexibility index (Phi) is 21.3. The van der Waals surface area contributed by atoms with Gasteiger partial charge in [0.05, 0.1) is 0 Å². The molecule has 0 amide bonds. The van der Waals surface area contributed by atoms with Gasteiger partial charge in [0.25, 0.3) is 0 Å². The van der Waals surface area contributed by atoms with E-state index in [1.165, 1.54) is 0 Å². The number of benzene rings is 2. The van der Waals surface area contributed by atoms with Gasteiger partial charge in [0.1, 0.15) is 24.7 Å². The maximum absolute atomic E-state index is 11.4. The fraction of sp³-hybridized carbons (Fsp3) is 0.448. The molecule has 2 rings (SSSR count). The number of rotatable bonds is 16. The number of thioether (sulfide) groups is 1. The standard InChI is InChI=1S/C13H17NO4.C10H13NO2.C6H13NO2S/c1-14-11(13(16)17)7-8-12(15)18-9-10-5-3-2-4-6-10;1-11-9(10(12)13)7-8-5-3-2-4-6-8;1-7-5(6(8)9)3-4-10-2/h2-6,11,14H,7-9H2,1H3,(H,16,17);2-6,9,11H,7H2,1H3,(H,12,13);5,7H,3-4H2,1-2H3,(H,8,9). The molecule has 0 aliphatic rings. The molecule has 228 valence electrons. The Hall–Kier alpha value is -3.45. The van der Waals surface area contributed by atoms with E-state index < -0.39 is 30.0 Å². The topological polar surface area (TPSA) is 174 Å². The van der Waals surface area contributed by atoms with Crippen LogP contribution in [0.15, 0.2) is 60.7 Å². The van der Waals surface area contributed by atoms with E-state index in [4.69, 9.17) is 20.1 Å². The Morgan fingerprint density at radius 2 is 1.15 bits per heavy atom. The number of carbonyl (C=O) groups is 4. The number of hydrogen-bond acceptors (Lipinski definition) is 9. The van der Waals surface area contributed by atoms with Gasteiger partial charge < -0.3 is 36.0 Å². The lowest BCUT2D eigenvalue weighted by Crippen LogP contribution is -2.35. The molecule has 0 bridgehead atoms. The van der Waals surface area contributed by atoms with Crippen molar-refractivity contribution in [1.29, 1.82) is 0 Å². The SMILES string of the molecule is CNC(CCC(=O)OCc1ccccc1)C(=O)O.CNC(CCSC)C(=O)O.CNC(Cc1ccccc1)C(=O)O. The summed E-state index contributed by atoms with van der Waals surface area (Å²) in [6, 6.07) is 17.3. The highest BCUT2D eigenvalue weighted by Gasteiger charge is 2.17. The fourth-order valence-electron chi connectivity index (χ4n) is 3.25. The van der Waals surface area contributed by atoms with Gasteiger partial charge in [-0.2, -0.15) is 11.8 Å². The summed E-state index contributed by atoms with van der Waals surface area (Å²) in [5, 5.41) is 34.2. The maximum Gasteiger partial charge on any atom is 0.321 e. The Labute approximate surface area is 246 Å². The van der Waals surface area contributed by atoms with Crippen LogP contribution in [0.3, 0.4) is 0 Å². The number of carboxylic acid groups (broad SMARTS) is 3. The summed E-state index contributed by atoms with van der Waals surface area (Å²) >= 11 is 1.66. The molecule has 0 aliphatic heterocycles. The zero-order valence-electron chi connectivity index (χ0n) is 24.0. The molecule has 0 aliphatic carbocycles. The number of carbonyl (C=O) groups excluding carboxylic acids is 1. The molecule has 0 aromatic heterocycles. The molecule has 41 heavy (non-hydrogen) atoms. The molecule has 3 atom stereocenters. The van der Waals surface area contributed by atoms with Gasteiger partial charge in [-0.3, -0.25) is 19.2 Å². The maximum atomic E-state index is 11.4. The van der Waals surface area contributed by atoms with Gasteiger partial charge in [0.15, 0.2) is 0 Å². The molecule has 6 N–H and O–H groups in total. The summed E-state index contributed by atoms with van der Waals surface area (Å²) in [7, 11) is 4.87. The first-order valence-electron chi connectivity index (χ1n) is 13.0. The van der Waals surface area contributed by atoms with Crippen LogP contribution in [0, 0.1) is 0 Å². The number of likely N-dealkylation sites (N-methyl/N-ethyl adjacent to an activating group) is 3. The molecule has 12 heteroatoms. The molecule has 0 spiro atoms. The molecule has 0 saturated carbocycles. The van der Waals surface area contributed by atoms with Gasteiger partial charge in [-0.05, 0) is 63.5 Å². The number of aliphatic carboxylic acids is 3. The minimum Gasteiger partial charge on any atom is -0.480 e. The van der Waals surface area contributed by atoms with E-state index in [0.717, 1.165) is 16.9 Å². The van der Waals surface area contributed by atoms with E-state index in [9.17, 15) is 19.2 Å². The van der Waals surface area contributed by atoms with Gasteiger partial charge in [-0.1, -0.05) is 60.7 Å². The Morgan fingerprint density at radius 3 is 1.56 bits per heavy atom. The van der Waals surface area contributed by atoms with E-state index in [-0.39, 0.29) is 31.5 Å². The zero-order valence-corrected chi connectivity index (χ0v) is 24.9. The quantitative estimate of drug-likeness (QED) is 0.157. The number of esters is 1. The average Bonchev–Trinajstić information content (AvgIpc) is 2.97. The van der Waals surface area contributed by atoms with Crippen LogP contribution >= 0.6 is 11.8 Å². The number of nitrogens with one attached hydrogen (secondary N) is 3. The van der Waals surface area contributed by atoms with Crippen molar-refractivity contribution < 1.29 is 39.2 Å². The van der Waals surface area contributed by atoms with E-state index in [0.29, 0.717) is 12.8 Å². The highest BCUT2D eigenvalue weighted by molar-refractivity contribution is 7.98. The smallest absolute Gasteiger partial charge is 0.321 e. The Bertz CT molecular complexity index is 1010. The van der Waals surface area contributed by atoms with Crippen molar-refractivity contribution in [2.75, 3.05) is 33.2 Å². The third-order valence-electron chi connectivity index (χ3n) is 5.71. The predicted octanol–water partition coefficient (Wildman–Crippen LogP) is 2.50. The Balaban J connectivity index is 0.000000615. The molecule has 0 saturated heterocycles. The summed E-state index contributed by atoms with van der Waals surface area (Å²) in [6.07, 6.45) is 3.48. The van der Waals surface area contributed by atoms with Gasteiger partial charge in [0.2, 0.25) is 0 Å². The lowest BCUT2D eigenvalue weighted by molar-refractivity contribution is -0.146. The predicted molar refractivity (Wildman–Crippen MR) is 160 cm³/mol. The molecule has 2 aromatic rings. The number of ether oxygens (including phenoxy) is 1. The summed E-state index contributed by atoms with van der Waals surface area (Å²) in [5.74, 6) is -2.05. The van der Waals surface area contributed by atoms with Crippen LogP contribution in [0.2, 0.25) is 0 Å². The first-order chi connectivity index (χ1) is 19.6. The monoisotopic (exact) mass is 593 g/mol. The average molecular weight is 594 g/mol. The molecule has 11 nitrogen and oxygen atoms in total. The largest absolute Gasteiger partial charge is 0.480 e. The van der Waals surface area contributed by atoms with Crippen molar-refractivity contribution in [3.63, 3.8) is 0 Å². The summed E-state index contributed by atoms with van der Waals surface area (Å²) in [4.78, 5) is 43.2. The molecular formula is C29H43N3O8S. The molecule has 0 radical (unpaired) electrons. The second-order valence-corrected chi connectivity index (χ2v) is 9.68. The van der Waals surface area contributed by atoms with Gasteiger partial charge in [-0.25, -0.2) is 0 Å². The molecular weight excluding hydrogens is 550 g/mol. The summed E-state index contributed by atoms with van der Waals surface area (Å²) in [6.45, 7) is 0.219. The van der Waals surface area contributed by atoms with Crippen molar-refractivity contribution in [2.45, 2.75) is 50.4 Å². The van der Waals surface area contributed by atoms with Crippen LogP contribution < -0.4 is 16.0 Å². The van der Waals surface area contributed by atoms with Crippen LogP contribution in [0.1, 0.15) is 30.4 Å². The van der Waals surface area contributed by atoms with E-state index in [1.54, 1.807) is 32.9 Å². The van der Waals surface area contributed by atoms with E-state index in [1.807, 2.05) is 66.9 Å². The number of carboxylic acids is 3. The van der Waals surface area contributed by atoms with E-state index >= 15 is 0 Å². The van der Waals surface area contributed by atoms with Crippen molar-refractivity contribution in [2.24, 2.45) is 0 Å². The van der Waals surface area contributed by atoms with E-state index in [2.05, 4.69) is 16.0 Å². The van der Waals surface area contributed by atoms with Crippen LogP contribution in [0.25, 0.3) is 0 Å². The molecule has 0 heterocycles. The molecule has 3 unspecified atom stereocenters. The summed E-state index contributed by atoms with van der Waals surface area (Å²) in [5.41, 5.74) is 1.94. The van der Waals surface area contributed by atoms with Crippen LogP contribution in [0.4, 0.5) is 0 Å². The second kappa shape index (κ2) is 23.3. The molecule has 2 aromatic carbocycles. The molecule has 0 fully saturated rings. The third kappa shape index (κ3) is 18.5. The van der Waals surface area contributed by atoms with Gasteiger partial charge in [0, 0.05) is 6.42 Å². The lowest BCUT2D eigenvalue weighted by atomic mass is 10.1. The number of hydrogen-bond donors (Lipinski definition) is 6. The fourth-order valence-corrected chi connectivity index (χ4v) is 3.72. The first-order valence-corrected chi connectivity index (χ1v) is 14.4. The van der Waals surface area contributed by atoms with Crippen LogP contribution in [-0.4, -0.2) is 90.5 Å². The normalized spacial score (nSPS) is 12.3. The summed E-state index contributed by atoms with van der Waals surface area (Å²) < 4.78 is 5.04. The van der Waals surface area contributed by atoms with Crippen molar-refractivity contribution in [3.05, 3.63) is 71.8 Å². The Morgan fingerprint density at radius 1 is 0.707 bits per heavy atom. The zero-order chi connectivity index (χ0) is 31.0. The minimum atomic E-state index is -0.964. The highest BCUT2D eigenvalue weighted by atomic mass is 32.2. The first kappa shape index (κ1) is 37.6. The second-order valence-electron chi connectivity index (χ2n) is 8.69. The van der Waals surface area contributed by atoms with Crippen molar-refractivity contribution in [1.82, 2.24) is 16.0 Å². The van der Waals surface area contributed by atoms with Crippen LogP contribution in [0.5, 0.6) is 0 Å². The lowest BCUT2D eigenvalue weighted by Gasteiger charge is -2.10. The van der Waals surface area contributed by atoms with Crippen molar-refractivity contribution in [3.8, 4) is 0 Å². The van der Waals surface area contributed by atoms with Gasteiger partial charge >= 0.3 is 23.9 Å². The third-order valence-corrected chi connectivity index (χ3v) is 6.36. The van der Waals surface area contributed by atoms with Crippen LogP contribution in [-0.2, 0) is 36.9 Å². The van der Waals surface area contributed by atoms with Gasteiger partial charge in [-0.15, -0.1) is 0 Å². The minimum absolute atomic E-state index is 0.0879. The highest BCUT2D eigenvalue weighted by Crippen LogP contribution is 2.05.